The predicted molar refractivity (Wildman–Crippen MR) is 86.9 cm³/mol. The first kappa shape index (κ1) is 17.0. The summed E-state index contributed by atoms with van der Waals surface area (Å²) < 4.78 is 1.53. The predicted octanol–water partition coefficient (Wildman–Crippen LogP) is 3.48. The zero-order valence-corrected chi connectivity index (χ0v) is 14.6. The number of nitrogens with one attached hydrogen (secondary N) is 1. The number of carbonyl (C=O) groups is 1. The van der Waals surface area contributed by atoms with Crippen LogP contribution in [0.15, 0.2) is 26.2 Å². The highest BCUT2D eigenvalue weighted by atomic mass is 79.9. The quantitative estimate of drug-likeness (QED) is 0.309. The van der Waals surface area contributed by atoms with Crippen molar-refractivity contribution in [1.29, 1.82) is 0 Å². The van der Waals surface area contributed by atoms with Crippen LogP contribution in [-0.2, 0) is 4.79 Å². The molecule has 1 aromatic rings. The van der Waals surface area contributed by atoms with Crippen molar-refractivity contribution in [1.82, 2.24) is 0 Å². The van der Waals surface area contributed by atoms with Crippen molar-refractivity contribution >= 4 is 49.3 Å². The molecule has 1 amide bonds. The van der Waals surface area contributed by atoms with E-state index in [1.807, 2.05) is 32.9 Å². The van der Waals surface area contributed by atoms with Crippen molar-refractivity contribution in [3.63, 3.8) is 0 Å². The molecule has 0 saturated heterocycles. The molecule has 1 aromatic carbocycles. The largest absolute Gasteiger partial charge is 0.409 e. The first-order valence-corrected chi connectivity index (χ1v) is 7.60. The summed E-state index contributed by atoms with van der Waals surface area (Å²) in [5, 5.41) is 14.5. The number of nitrogens with two attached hydrogens (primary N) is 1. The van der Waals surface area contributed by atoms with Crippen molar-refractivity contribution in [2.45, 2.75) is 20.8 Å². The molecule has 0 aliphatic heterocycles. The molecule has 0 heterocycles. The first-order valence-electron chi connectivity index (χ1n) is 6.01. The highest BCUT2D eigenvalue weighted by Crippen LogP contribution is 2.33. The Labute approximate surface area is 134 Å². The normalized spacial score (nSPS) is 13.4. The SMILES string of the molecule is Cc1cc(Br)c(NC(=O)C(C(N)=NO)C(C)C)c(Br)c1. The van der Waals surface area contributed by atoms with Gasteiger partial charge < -0.3 is 16.3 Å². The van der Waals surface area contributed by atoms with Gasteiger partial charge in [0.1, 0.15) is 5.92 Å². The summed E-state index contributed by atoms with van der Waals surface area (Å²) in [7, 11) is 0. The Bertz CT molecular complexity index is 521. The average molecular weight is 407 g/mol. The van der Waals surface area contributed by atoms with Crippen LogP contribution in [0.5, 0.6) is 0 Å². The number of amides is 1. The molecule has 110 valence electrons. The number of benzene rings is 1. The van der Waals surface area contributed by atoms with Crippen LogP contribution in [0.4, 0.5) is 5.69 Å². The van der Waals surface area contributed by atoms with Gasteiger partial charge >= 0.3 is 0 Å². The molecule has 20 heavy (non-hydrogen) atoms. The Morgan fingerprint density at radius 2 is 1.85 bits per heavy atom. The minimum Gasteiger partial charge on any atom is -0.409 e. The molecule has 7 heteroatoms. The van der Waals surface area contributed by atoms with Gasteiger partial charge in [0, 0.05) is 8.95 Å². The maximum Gasteiger partial charge on any atom is 0.235 e. The van der Waals surface area contributed by atoms with Gasteiger partial charge in [0.15, 0.2) is 5.84 Å². The lowest BCUT2D eigenvalue weighted by molar-refractivity contribution is -0.119. The lowest BCUT2D eigenvalue weighted by Gasteiger charge is -2.20. The second-order valence-corrected chi connectivity index (χ2v) is 6.55. The highest BCUT2D eigenvalue weighted by Gasteiger charge is 2.27. The molecule has 0 radical (unpaired) electrons. The van der Waals surface area contributed by atoms with E-state index in [0.717, 1.165) is 14.5 Å². The monoisotopic (exact) mass is 405 g/mol. The Balaban J connectivity index is 3.06. The molecule has 0 fully saturated rings. The van der Waals surface area contributed by atoms with Crippen molar-refractivity contribution in [3.8, 4) is 0 Å². The molecule has 1 rings (SSSR count). The van der Waals surface area contributed by atoms with Gasteiger partial charge in [-0.15, -0.1) is 0 Å². The van der Waals surface area contributed by atoms with Crippen LogP contribution in [0.1, 0.15) is 19.4 Å². The number of hydrogen-bond donors (Lipinski definition) is 3. The molecule has 0 spiro atoms. The molecule has 0 bridgehead atoms. The number of carbonyl (C=O) groups excluding carboxylic acids is 1. The zero-order valence-electron chi connectivity index (χ0n) is 11.4. The van der Waals surface area contributed by atoms with E-state index >= 15 is 0 Å². The van der Waals surface area contributed by atoms with Crippen molar-refractivity contribution in [2.24, 2.45) is 22.7 Å². The first-order chi connectivity index (χ1) is 9.27. The topological polar surface area (TPSA) is 87.7 Å². The van der Waals surface area contributed by atoms with Gasteiger partial charge in [-0.2, -0.15) is 0 Å². The Morgan fingerprint density at radius 3 is 2.25 bits per heavy atom. The van der Waals surface area contributed by atoms with Gasteiger partial charge in [0.25, 0.3) is 0 Å². The molecular weight excluding hydrogens is 390 g/mol. The summed E-state index contributed by atoms with van der Waals surface area (Å²) in [6.45, 7) is 5.62. The summed E-state index contributed by atoms with van der Waals surface area (Å²) in [6.07, 6.45) is 0. The molecule has 5 nitrogen and oxygen atoms in total. The summed E-state index contributed by atoms with van der Waals surface area (Å²) in [4.78, 5) is 12.3. The van der Waals surface area contributed by atoms with Gasteiger partial charge in [-0.05, 0) is 62.4 Å². The van der Waals surface area contributed by atoms with E-state index in [1.54, 1.807) is 0 Å². The average Bonchev–Trinajstić information content (AvgIpc) is 2.33. The van der Waals surface area contributed by atoms with Gasteiger partial charge in [-0.1, -0.05) is 19.0 Å². The molecular formula is C13H17Br2N3O2. The van der Waals surface area contributed by atoms with Crippen LogP contribution in [-0.4, -0.2) is 17.0 Å². The molecule has 0 aliphatic carbocycles. The molecule has 1 unspecified atom stereocenters. The fraction of sp³-hybridized carbons (Fsp3) is 0.385. The van der Waals surface area contributed by atoms with E-state index in [9.17, 15) is 4.79 Å². The van der Waals surface area contributed by atoms with Gasteiger partial charge in [0.2, 0.25) is 5.91 Å². The molecule has 0 saturated carbocycles. The number of hydrogen-bond acceptors (Lipinski definition) is 3. The van der Waals surface area contributed by atoms with E-state index in [1.165, 1.54) is 0 Å². The van der Waals surface area contributed by atoms with E-state index < -0.39 is 5.92 Å². The third kappa shape index (κ3) is 3.96. The Hall–Kier alpha value is -1.08. The third-order valence-corrected chi connectivity index (χ3v) is 4.07. The van der Waals surface area contributed by atoms with E-state index in [2.05, 4.69) is 42.3 Å². The summed E-state index contributed by atoms with van der Waals surface area (Å²) >= 11 is 6.82. The van der Waals surface area contributed by atoms with E-state index in [4.69, 9.17) is 10.9 Å². The minimum absolute atomic E-state index is 0.0890. The molecule has 1 atom stereocenters. The summed E-state index contributed by atoms with van der Waals surface area (Å²) in [5.41, 5.74) is 7.27. The van der Waals surface area contributed by atoms with Crippen LogP contribution in [0.25, 0.3) is 0 Å². The maximum atomic E-state index is 12.3. The van der Waals surface area contributed by atoms with Crippen LogP contribution >= 0.6 is 31.9 Å². The Kier molecular flexibility index (Phi) is 6.01. The standard InChI is InChI=1S/C13H17Br2N3O2/c1-6(2)10(12(16)18-20)13(19)17-11-8(14)4-7(3)5-9(11)15/h4-6,10,20H,1-3H3,(H2,16,18)(H,17,19). The van der Waals surface area contributed by atoms with Gasteiger partial charge in [0.05, 0.1) is 5.69 Å². The van der Waals surface area contributed by atoms with Crippen LogP contribution in [0, 0.1) is 18.8 Å². The fourth-order valence-electron chi connectivity index (χ4n) is 1.86. The minimum atomic E-state index is -0.694. The van der Waals surface area contributed by atoms with E-state index in [0.29, 0.717) is 5.69 Å². The number of rotatable bonds is 4. The number of halogens is 2. The number of amidine groups is 1. The highest BCUT2D eigenvalue weighted by molar-refractivity contribution is 9.11. The second-order valence-electron chi connectivity index (χ2n) is 4.84. The van der Waals surface area contributed by atoms with Crippen LogP contribution in [0.2, 0.25) is 0 Å². The van der Waals surface area contributed by atoms with E-state index in [-0.39, 0.29) is 17.7 Å². The smallest absolute Gasteiger partial charge is 0.235 e. The number of aryl methyl sites for hydroxylation is 1. The van der Waals surface area contributed by atoms with Crippen LogP contribution < -0.4 is 11.1 Å². The summed E-state index contributed by atoms with van der Waals surface area (Å²) in [5.74, 6) is -1.20. The molecule has 0 aliphatic rings. The lowest BCUT2D eigenvalue weighted by atomic mass is 9.93. The van der Waals surface area contributed by atoms with Gasteiger partial charge in [-0.3, -0.25) is 4.79 Å². The second kappa shape index (κ2) is 7.08. The number of oxime groups is 1. The fourth-order valence-corrected chi connectivity index (χ4v) is 3.47. The number of anilines is 1. The van der Waals surface area contributed by atoms with Crippen molar-refractivity contribution in [2.75, 3.05) is 5.32 Å². The molecule has 4 N–H and O–H groups in total. The maximum absolute atomic E-state index is 12.3. The Morgan fingerprint density at radius 1 is 1.35 bits per heavy atom. The van der Waals surface area contributed by atoms with Crippen molar-refractivity contribution < 1.29 is 10.0 Å². The lowest BCUT2D eigenvalue weighted by Crippen LogP contribution is -2.38. The van der Waals surface area contributed by atoms with Crippen LogP contribution in [0.3, 0.4) is 0 Å². The zero-order chi connectivity index (χ0) is 15.4. The third-order valence-electron chi connectivity index (χ3n) is 2.82. The molecule has 0 aromatic heterocycles. The summed E-state index contributed by atoms with van der Waals surface area (Å²) in [6, 6.07) is 3.79. The number of nitrogens with zero attached hydrogens (tertiary/aromatic N) is 1. The van der Waals surface area contributed by atoms with Crippen molar-refractivity contribution in [3.05, 3.63) is 26.6 Å². The van der Waals surface area contributed by atoms with Gasteiger partial charge in [-0.25, -0.2) is 0 Å².